The second-order valence-electron chi connectivity index (χ2n) is 5.36. The molecule has 0 unspecified atom stereocenters. The van der Waals surface area contributed by atoms with Crippen LogP contribution < -0.4 is 15.2 Å². The predicted molar refractivity (Wildman–Crippen MR) is 99.0 cm³/mol. The predicted octanol–water partition coefficient (Wildman–Crippen LogP) is 4.36. The van der Waals surface area contributed by atoms with Gasteiger partial charge in [0.25, 0.3) is 0 Å². The van der Waals surface area contributed by atoms with Crippen molar-refractivity contribution >= 4 is 28.8 Å². The Labute approximate surface area is 147 Å². The second kappa shape index (κ2) is 7.66. The number of aryl methyl sites for hydroxylation is 2. The molecule has 0 bridgehead atoms. The van der Waals surface area contributed by atoms with Gasteiger partial charge in [-0.2, -0.15) is 0 Å². The Bertz CT molecular complexity index is 731. The van der Waals surface area contributed by atoms with Crippen molar-refractivity contribution in [3.05, 3.63) is 57.6 Å². The lowest BCUT2D eigenvalue weighted by molar-refractivity contribution is 0.215. The minimum absolute atomic E-state index is 0.258. The zero-order valence-corrected chi connectivity index (χ0v) is 15.1. The molecule has 23 heavy (non-hydrogen) atoms. The van der Waals surface area contributed by atoms with Gasteiger partial charge in [-0.15, -0.1) is 0 Å². The first-order valence-electron chi connectivity index (χ1n) is 7.32. The van der Waals surface area contributed by atoms with Crippen LogP contribution in [0.3, 0.4) is 0 Å². The minimum atomic E-state index is 0.258. The third kappa shape index (κ3) is 4.36. The molecule has 122 valence electrons. The summed E-state index contributed by atoms with van der Waals surface area (Å²) in [4.78, 5) is 0.258. The van der Waals surface area contributed by atoms with Gasteiger partial charge >= 0.3 is 0 Å². The number of rotatable bonds is 6. The molecule has 0 heterocycles. The van der Waals surface area contributed by atoms with E-state index in [0.717, 1.165) is 16.9 Å². The van der Waals surface area contributed by atoms with Crippen LogP contribution in [0.1, 0.15) is 22.3 Å². The van der Waals surface area contributed by atoms with Crippen molar-refractivity contribution in [1.29, 1.82) is 0 Å². The van der Waals surface area contributed by atoms with Crippen molar-refractivity contribution in [2.45, 2.75) is 20.8 Å². The van der Waals surface area contributed by atoms with Crippen molar-refractivity contribution in [3.8, 4) is 11.5 Å². The van der Waals surface area contributed by atoms with E-state index in [9.17, 15) is 0 Å². The van der Waals surface area contributed by atoms with Crippen LogP contribution >= 0.6 is 23.8 Å². The first-order chi connectivity index (χ1) is 10.9. The Kier molecular flexibility index (Phi) is 5.85. The molecule has 2 rings (SSSR count). The molecule has 2 aromatic rings. The van der Waals surface area contributed by atoms with E-state index in [1.54, 1.807) is 18.2 Å². The van der Waals surface area contributed by atoms with Gasteiger partial charge < -0.3 is 15.2 Å². The lowest BCUT2D eigenvalue weighted by Crippen LogP contribution is -2.15. The Hall–Kier alpha value is -1.78. The number of benzene rings is 2. The van der Waals surface area contributed by atoms with Gasteiger partial charge in [0.1, 0.15) is 29.7 Å². The molecule has 0 saturated carbocycles. The van der Waals surface area contributed by atoms with Crippen LogP contribution in [0.15, 0.2) is 30.3 Å². The summed E-state index contributed by atoms with van der Waals surface area (Å²) in [5.74, 6) is 1.53. The van der Waals surface area contributed by atoms with Crippen LogP contribution in [0.5, 0.6) is 11.5 Å². The highest BCUT2D eigenvalue weighted by Crippen LogP contribution is 2.26. The standard InChI is InChI=1S/C18H20ClNO2S/c1-11-4-5-12(2)17(13(11)3)22-9-8-21-16-7-6-14(19)10-15(16)18(20)23/h4-7,10H,8-9H2,1-3H3,(H2,20,23). The molecular formula is C18H20ClNO2S. The Morgan fingerprint density at radius 2 is 1.70 bits per heavy atom. The van der Waals surface area contributed by atoms with Gasteiger partial charge in [0.05, 0.1) is 5.56 Å². The van der Waals surface area contributed by atoms with Gasteiger partial charge in [-0.3, -0.25) is 0 Å². The van der Waals surface area contributed by atoms with E-state index in [2.05, 4.69) is 26.0 Å². The highest BCUT2D eigenvalue weighted by molar-refractivity contribution is 7.80. The summed E-state index contributed by atoms with van der Waals surface area (Å²) in [5.41, 5.74) is 9.81. The molecular weight excluding hydrogens is 330 g/mol. The zero-order chi connectivity index (χ0) is 17.0. The van der Waals surface area contributed by atoms with Gasteiger partial charge in [0, 0.05) is 5.02 Å². The van der Waals surface area contributed by atoms with Crippen molar-refractivity contribution in [2.24, 2.45) is 5.73 Å². The Morgan fingerprint density at radius 1 is 1.04 bits per heavy atom. The summed E-state index contributed by atoms with van der Waals surface area (Å²) in [6.07, 6.45) is 0. The smallest absolute Gasteiger partial charge is 0.129 e. The summed E-state index contributed by atoms with van der Waals surface area (Å²) < 4.78 is 11.6. The normalized spacial score (nSPS) is 10.4. The maximum absolute atomic E-state index is 5.96. The Balaban J connectivity index is 1.99. The molecule has 0 aliphatic carbocycles. The molecule has 0 fully saturated rings. The molecule has 0 radical (unpaired) electrons. The van der Waals surface area contributed by atoms with Gasteiger partial charge in [-0.25, -0.2) is 0 Å². The number of halogens is 1. The van der Waals surface area contributed by atoms with E-state index < -0.39 is 0 Å². The quantitative estimate of drug-likeness (QED) is 0.621. The number of nitrogens with two attached hydrogens (primary N) is 1. The highest BCUT2D eigenvalue weighted by atomic mass is 35.5. The minimum Gasteiger partial charge on any atom is -0.489 e. The second-order valence-corrected chi connectivity index (χ2v) is 6.23. The summed E-state index contributed by atoms with van der Waals surface area (Å²) in [6.45, 7) is 6.99. The topological polar surface area (TPSA) is 44.5 Å². The third-order valence-corrected chi connectivity index (χ3v) is 4.12. The first-order valence-corrected chi connectivity index (χ1v) is 8.10. The van der Waals surface area contributed by atoms with Gasteiger partial charge in [-0.1, -0.05) is 36.0 Å². The van der Waals surface area contributed by atoms with Crippen LogP contribution in [0.4, 0.5) is 0 Å². The largest absolute Gasteiger partial charge is 0.489 e. The number of thiocarbonyl (C=S) groups is 1. The van der Waals surface area contributed by atoms with E-state index in [-0.39, 0.29) is 4.99 Å². The van der Waals surface area contributed by atoms with E-state index in [1.165, 1.54) is 5.56 Å². The fraction of sp³-hybridized carbons (Fsp3) is 0.278. The van der Waals surface area contributed by atoms with Gasteiger partial charge in [0.15, 0.2) is 0 Å². The number of ether oxygens (including phenoxy) is 2. The van der Waals surface area contributed by atoms with Crippen molar-refractivity contribution < 1.29 is 9.47 Å². The molecule has 2 aromatic carbocycles. The molecule has 5 heteroatoms. The molecule has 0 saturated heterocycles. The molecule has 0 aliphatic rings. The van der Waals surface area contributed by atoms with Crippen LogP contribution in [0.2, 0.25) is 5.02 Å². The zero-order valence-electron chi connectivity index (χ0n) is 13.5. The molecule has 0 spiro atoms. The van der Waals surface area contributed by atoms with E-state index in [1.807, 2.05) is 6.92 Å². The highest BCUT2D eigenvalue weighted by Gasteiger charge is 2.09. The molecule has 0 aromatic heterocycles. The first kappa shape index (κ1) is 17.6. The summed E-state index contributed by atoms with van der Waals surface area (Å²) >= 11 is 11.0. The lowest BCUT2D eigenvalue weighted by atomic mass is 10.1. The van der Waals surface area contributed by atoms with E-state index in [0.29, 0.717) is 29.5 Å². The van der Waals surface area contributed by atoms with Crippen molar-refractivity contribution in [3.63, 3.8) is 0 Å². The monoisotopic (exact) mass is 349 g/mol. The number of hydrogen-bond acceptors (Lipinski definition) is 3. The fourth-order valence-corrected chi connectivity index (χ4v) is 2.60. The summed E-state index contributed by atoms with van der Waals surface area (Å²) in [6, 6.07) is 9.36. The molecule has 2 N–H and O–H groups in total. The number of hydrogen-bond donors (Lipinski definition) is 1. The van der Waals surface area contributed by atoms with Gasteiger partial charge in [0.2, 0.25) is 0 Å². The van der Waals surface area contributed by atoms with Crippen LogP contribution in [0, 0.1) is 20.8 Å². The summed E-state index contributed by atoms with van der Waals surface area (Å²) in [7, 11) is 0. The van der Waals surface area contributed by atoms with Crippen LogP contribution in [-0.2, 0) is 0 Å². The SMILES string of the molecule is Cc1ccc(C)c(OCCOc2ccc(Cl)cc2C(N)=S)c1C. The molecule has 0 aliphatic heterocycles. The lowest BCUT2D eigenvalue weighted by Gasteiger charge is -2.15. The van der Waals surface area contributed by atoms with E-state index in [4.69, 9.17) is 39.0 Å². The van der Waals surface area contributed by atoms with Crippen LogP contribution in [-0.4, -0.2) is 18.2 Å². The molecule has 0 atom stereocenters. The molecule has 0 amide bonds. The Morgan fingerprint density at radius 3 is 2.39 bits per heavy atom. The van der Waals surface area contributed by atoms with Crippen molar-refractivity contribution in [1.82, 2.24) is 0 Å². The maximum Gasteiger partial charge on any atom is 0.129 e. The fourth-order valence-electron chi connectivity index (χ4n) is 2.26. The average Bonchev–Trinajstić information content (AvgIpc) is 2.51. The maximum atomic E-state index is 5.96. The van der Waals surface area contributed by atoms with E-state index >= 15 is 0 Å². The summed E-state index contributed by atoms with van der Waals surface area (Å²) in [5, 5.41) is 0.572. The average molecular weight is 350 g/mol. The molecule has 3 nitrogen and oxygen atoms in total. The van der Waals surface area contributed by atoms with Crippen molar-refractivity contribution in [2.75, 3.05) is 13.2 Å². The van der Waals surface area contributed by atoms with Crippen LogP contribution in [0.25, 0.3) is 0 Å². The van der Waals surface area contributed by atoms with Gasteiger partial charge in [-0.05, 0) is 55.7 Å². The third-order valence-electron chi connectivity index (χ3n) is 3.67.